The molecular formula is C21H23N3O2. The Kier molecular flexibility index (Phi) is 5.79. The van der Waals surface area contributed by atoms with Crippen molar-refractivity contribution < 1.29 is 4.79 Å². The van der Waals surface area contributed by atoms with Gasteiger partial charge < -0.3 is 5.32 Å². The molecule has 0 bridgehead atoms. The number of nitrogens with zero attached hydrogens (tertiary/aromatic N) is 1. The van der Waals surface area contributed by atoms with Gasteiger partial charge in [-0.2, -0.15) is 5.10 Å². The van der Waals surface area contributed by atoms with Gasteiger partial charge in [0.1, 0.15) is 0 Å². The fourth-order valence-corrected chi connectivity index (χ4v) is 3.21. The van der Waals surface area contributed by atoms with Crippen LogP contribution in [0.5, 0.6) is 0 Å². The van der Waals surface area contributed by atoms with E-state index < -0.39 is 0 Å². The maximum Gasteiger partial charge on any atom is 0.272 e. The molecule has 2 N–H and O–H groups in total. The largest absolute Gasteiger partial charge is 0.353 e. The lowest BCUT2D eigenvalue weighted by Gasteiger charge is -2.18. The molecule has 0 radical (unpaired) electrons. The minimum atomic E-state index is -0.238. The van der Waals surface area contributed by atoms with Gasteiger partial charge in [-0.1, -0.05) is 61.9 Å². The zero-order valence-electron chi connectivity index (χ0n) is 14.9. The van der Waals surface area contributed by atoms with E-state index in [1.165, 1.54) is 5.56 Å². The fourth-order valence-electron chi connectivity index (χ4n) is 3.21. The van der Waals surface area contributed by atoms with Crippen molar-refractivity contribution in [3.63, 3.8) is 0 Å². The van der Waals surface area contributed by atoms with E-state index in [-0.39, 0.29) is 23.9 Å². The molecule has 1 amide bonds. The summed E-state index contributed by atoms with van der Waals surface area (Å²) < 4.78 is 0. The lowest BCUT2D eigenvalue weighted by atomic mass is 10.0. The van der Waals surface area contributed by atoms with Crippen molar-refractivity contribution in [2.45, 2.75) is 38.6 Å². The molecule has 1 heterocycles. The van der Waals surface area contributed by atoms with Crippen LogP contribution in [-0.2, 0) is 17.6 Å². The van der Waals surface area contributed by atoms with Gasteiger partial charge in [-0.15, -0.1) is 0 Å². The highest BCUT2D eigenvalue weighted by molar-refractivity contribution is 5.88. The highest BCUT2D eigenvalue weighted by Crippen LogP contribution is 2.13. The third kappa shape index (κ3) is 4.36. The molecule has 1 aromatic heterocycles. The summed E-state index contributed by atoms with van der Waals surface area (Å²) in [6.45, 7) is 2.11. The molecule has 0 aliphatic carbocycles. The normalized spacial score (nSPS) is 12.0. The van der Waals surface area contributed by atoms with Crippen molar-refractivity contribution in [2.24, 2.45) is 0 Å². The van der Waals surface area contributed by atoms with E-state index in [2.05, 4.69) is 34.6 Å². The molecule has 0 saturated heterocycles. The van der Waals surface area contributed by atoms with E-state index in [4.69, 9.17) is 0 Å². The SMILES string of the molecule is CCCC(Cc1ccccc1)NC(=O)Cc1n[nH]c(=O)c2ccccc12. The van der Waals surface area contributed by atoms with Crippen molar-refractivity contribution in [1.29, 1.82) is 0 Å². The number of fused-ring (bicyclic) bond motifs is 1. The van der Waals surface area contributed by atoms with Crippen molar-refractivity contribution in [1.82, 2.24) is 15.5 Å². The van der Waals surface area contributed by atoms with E-state index in [9.17, 15) is 9.59 Å². The van der Waals surface area contributed by atoms with E-state index in [1.54, 1.807) is 12.1 Å². The number of carbonyl (C=O) groups is 1. The monoisotopic (exact) mass is 349 g/mol. The van der Waals surface area contributed by atoms with Gasteiger partial charge >= 0.3 is 0 Å². The van der Waals surface area contributed by atoms with Crippen LogP contribution in [0.4, 0.5) is 0 Å². The van der Waals surface area contributed by atoms with Gasteiger partial charge in [0.2, 0.25) is 5.91 Å². The van der Waals surface area contributed by atoms with Crippen molar-refractivity contribution in [3.8, 4) is 0 Å². The molecule has 0 spiro atoms. The Balaban J connectivity index is 1.73. The minimum Gasteiger partial charge on any atom is -0.353 e. The van der Waals surface area contributed by atoms with Crippen molar-refractivity contribution in [3.05, 3.63) is 76.2 Å². The average molecular weight is 349 g/mol. The molecule has 1 unspecified atom stereocenters. The molecular weight excluding hydrogens is 326 g/mol. The van der Waals surface area contributed by atoms with Gasteiger partial charge in [-0.25, -0.2) is 5.10 Å². The Morgan fingerprint density at radius 3 is 2.50 bits per heavy atom. The Morgan fingerprint density at radius 2 is 1.77 bits per heavy atom. The van der Waals surface area contributed by atoms with E-state index >= 15 is 0 Å². The smallest absolute Gasteiger partial charge is 0.272 e. The molecule has 3 aromatic rings. The number of aromatic amines is 1. The predicted octanol–water partition coefficient (Wildman–Crippen LogP) is 2.99. The first-order valence-electron chi connectivity index (χ1n) is 8.97. The van der Waals surface area contributed by atoms with Crippen LogP contribution in [0.15, 0.2) is 59.4 Å². The lowest BCUT2D eigenvalue weighted by Crippen LogP contribution is -2.37. The Labute approximate surface area is 152 Å². The predicted molar refractivity (Wildman–Crippen MR) is 103 cm³/mol. The number of rotatable bonds is 7. The Bertz CT molecular complexity index is 935. The zero-order valence-corrected chi connectivity index (χ0v) is 14.9. The van der Waals surface area contributed by atoms with Gasteiger partial charge in [-0.05, 0) is 24.5 Å². The average Bonchev–Trinajstić information content (AvgIpc) is 2.65. The van der Waals surface area contributed by atoms with Gasteiger partial charge in [-0.3, -0.25) is 9.59 Å². The van der Waals surface area contributed by atoms with Crippen LogP contribution in [0, 0.1) is 0 Å². The maximum atomic E-state index is 12.6. The van der Waals surface area contributed by atoms with Gasteiger partial charge in [0, 0.05) is 11.4 Å². The third-order valence-electron chi connectivity index (χ3n) is 4.43. The molecule has 3 rings (SSSR count). The standard InChI is InChI=1S/C21H23N3O2/c1-2-8-16(13-15-9-4-3-5-10-15)22-20(25)14-19-17-11-6-7-12-18(17)21(26)24-23-19/h3-7,9-12,16H,2,8,13-14H2,1H3,(H,22,25)(H,24,26). The number of nitrogens with one attached hydrogen (secondary N) is 2. The second kappa shape index (κ2) is 8.43. The molecule has 1 atom stereocenters. The highest BCUT2D eigenvalue weighted by atomic mass is 16.1. The second-order valence-electron chi connectivity index (χ2n) is 6.46. The first-order valence-corrected chi connectivity index (χ1v) is 8.97. The number of benzene rings is 2. The highest BCUT2D eigenvalue weighted by Gasteiger charge is 2.15. The summed E-state index contributed by atoms with van der Waals surface area (Å²) in [6, 6.07) is 17.5. The van der Waals surface area contributed by atoms with Crippen LogP contribution in [0.2, 0.25) is 0 Å². The molecule has 5 nitrogen and oxygen atoms in total. The van der Waals surface area contributed by atoms with E-state index in [0.29, 0.717) is 11.1 Å². The number of carbonyl (C=O) groups excluding carboxylic acids is 1. The first kappa shape index (κ1) is 17.9. The van der Waals surface area contributed by atoms with Gasteiger partial charge in [0.25, 0.3) is 5.56 Å². The van der Waals surface area contributed by atoms with Crippen molar-refractivity contribution >= 4 is 16.7 Å². The lowest BCUT2D eigenvalue weighted by molar-refractivity contribution is -0.121. The van der Waals surface area contributed by atoms with Gasteiger partial charge in [0.05, 0.1) is 17.5 Å². The van der Waals surface area contributed by atoms with E-state index in [0.717, 1.165) is 24.6 Å². The topological polar surface area (TPSA) is 74.8 Å². The van der Waals surface area contributed by atoms with Crippen LogP contribution in [0.3, 0.4) is 0 Å². The van der Waals surface area contributed by atoms with Crippen LogP contribution >= 0.6 is 0 Å². The van der Waals surface area contributed by atoms with E-state index in [1.807, 2.05) is 30.3 Å². The fraction of sp³-hybridized carbons (Fsp3) is 0.286. The number of aromatic nitrogens is 2. The van der Waals surface area contributed by atoms with Crippen LogP contribution in [0.1, 0.15) is 31.0 Å². The summed E-state index contributed by atoms with van der Waals surface area (Å²) in [5.41, 5.74) is 1.56. The molecule has 0 saturated carbocycles. The zero-order chi connectivity index (χ0) is 18.4. The number of amides is 1. The summed E-state index contributed by atoms with van der Waals surface area (Å²) in [5.74, 6) is -0.0796. The summed E-state index contributed by atoms with van der Waals surface area (Å²) in [6.07, 6.45) is 2.87. The number of hydrogen-bond donors (Lipinski definition) is 2. The first-order chi connectivity index (χ1) is 12.7. The molecule has 134 valence electrons. The summed E-state index contributed by atoms with van der Waals surface area (Å²) >= 11 is 0. The van der Waals surface area contributed by atoms with Crippen LogP contribution in [0.25, 0.3) is 10.8 Å². The Morgan fingerprint density at radius 1 is 1.08 bits per heavy atom. The van der Waals surface area contributed by atoms with Crippen molar-refractivity contribution in [2.75, 3.05) is 0 Å². The molecule has 5 heteroatoms. The molecule has 2 aromatic carbocycles. The summed E-state index contributed by atoms with van der Waals surface area (Å²) in [4.78, 5) is 24.4. The summed E-state index contributed by atoms with van der Waals surface area (Å²) in [7, 11) is 0. The minimum absolute atomic E-state index is 0.0796. The van der Waals surface area contributed by atoms with Crippen LogP contribution < -0.4 is 10.9 Å². The second-order valence-corrected chi connectivity index (χ2v) is 6.46. The molecule has 0 aliphatic heterocycles. The maximum absolute atomic E-state index is 12.6. The molecule has 0 aliphatic rings. The number of H-pyrrole nitrogens is 1. The molecule has 26 heavy (non-hydrogen) atoms. The molecule has 0 fully saturated rings. The quantitative estimate of drug-likeness (QED) is 0.688. The van der Waals surface area contributed by atoms with Crippen LogP contribution in [-0.4, -0.2) is 22.1 Å². The van der Waals surface area contributed by atoms with Gasteiger partial charge in [0.15, 0.2) is 0 Å². The summed E-state index contributed by atoms with van der Waals surface area (Å²) in [5, 5.41) is 11.0. The Hall–Kier alpha value is -2.95. The third-order valence-corrected chi connectivity index (χ3v) is 4.43. The number of hydrogen-bond acceptors (Lipinski definition) is 3.